The van der Waals surface area contributed by atoms with Gasteiger partial charge in [-0.25, -0.2) is 0 Å². The Morgan fingerprint density at radius 2 is 2.20 bits per heavy atom. The van der Waals surface area contributed by atoms with Crippen molar-refractivity contribution in [3.63, 3.8) is 0 Å². The SMILES string of the molecule is C[C@@H]1C[C@H]1C(=O)OCC(=O)Nc1cccc([N+](=O)[O-])c1. The lowest BCUT2D eigenvalue weighted by atomic mass is 10.3. The van der Waals surface area contributed by atoms with Crippen LogP contribution in [-0.4, -0.2) is 23.4 Å². The molecular formula is C13H14N2O5. The van der Waals surface area contributed by atoms with E-state index in [1.165, 1.54) is 24.3 Å². The second-order valence-corrected chi connectivity index (χ2v) is 4.78. The van der Waals surface area contributed by atoms with Crippen LogP contribution in [0, 0.1) is 22.0 Å². The van der Waals surface area contributed by atoms with Gasteiger partial charge in [-0.1, -0.05) is 13.0 Å². The summed E-state index contributed by atoms with van der Waals surface area (Å²) in [5, 5.41) is 13.0. The van der Waals surface area contributed by atoms with Gasteiger partial charge in [0.1, 0.15) is 0 Å². The van der Waals surface area contributed by atoms with Crippen molar-refractivity contribution < 1.29 is 19.2 Å². The lowest BCUT2D eigenvalue weighted by Gasteiger charge is -2.06. The summed E-state index contributed by atoms with van der Waals surface area (Å²) in [6.07, 6.45) is 0.797. The molecule has 1 saturated carbocycles. The normalized spacial score (nSPS) is 20.1. The molecule has 0 radical (unpaired) electrons. The van der Waals surface area contributed by atoms with Gasteiger partial charge in [-0.2, -0.15) is 0 Å². The summed E-state index contributed by atoms with van der Waals surface area (Å²) in [6, 6.07) is 5.55. The van der Waals surface area contributed by atoms with Crippen molar-refractivity contribution in [3.05, 3.63) is 34.4 Å². The maximum Gasteiger partial charge on any atom is 0.309 e. The predicted octanol–water partition coefficient (Wildman–Crippen LogP) is 1.73. The van der Waals surface area contributed by atoms with Crippen molar-refractivity contribution in [1.82, 2.24) is 0 Å². The minimum absolute atomic E-state index is 0.0967. The Balaban J connectivity index is 1.83. The van der Waals surface area contributed by atoms with Gasteiger partial charge in [0.2, 0.25) is 0 Å². The summed E-state index contributed by atoms with van der Waals surface area (Å²) in [6.45, 7) is 1.56. The maximum absolute atomic E-state index is 11.6. The highest BCUT2D eigenvalue weighted by Gasteiger charge is 2.40. The highest BCUT2D eigenvalue weighted by atomic mass is 16.6. The zero-order valence-electron chi connectivity index (χ0n) is 10.9. The number of ether oxygens (including phenoxy) is 1. The average Bonchev–Trinajstić information content (AvgIpc) is 3.13. The molecule has 0 saturated heterocycles. The number of carbonyl (C=O) groups excluding carboxylic acids is 2. The number of anilines is 1. The lowest BCUT2D eigenvalue weighted by Crippen LogP contribution is -2.21. The third-order valence-electron chi connectivity index (χ3n) is 3.10. The van der Waals surface area contributed by atoms with Crippen molar-refractivity contribution >= 4 is 23.3 Å². The zero-order chi connectivity index (χ0) is 14.7. The van der Waals surface area contributed by atoms with E-state index in [2.05, 4.69) is 5.32 Å². The Morgan fingerprint density at radius 1 is 1.50 bits per heavy atom. The first-order valence-electron chi connectivity index (χ1n) is 6.18. The van der Waals surface area contributed by atoms with Crippen LogP contribution in [0.2, 0.25) is 0 Å². The Morgan fingerprint density at radius 3 is 2.80 bits per heavy atom. The fraction of sp³-hybridized carbons (Fsp3) is 0.385. The van der Waals surface area contributed by atoms with E-state index in [0.29, 0.717) is 11.6 Å². The number of non-ortho nitro benzene ring substituents is 1. The van der Waals surface area contributed by atoms with E-state index in [0.717, 1.165) is 6.42 Å². The zero-order valence-corrected chi connectivity index (χ0v) is 10.9. The van der Waals surface area contributed by atoms with Crippen LogP contribution in [0.4, 0.5) is 11.4 Å². The molecule has 0 aliphatic heterocycles. The van der Waals surface area contributed by atoms with E-state index in [-0.39, 0.29) is 24.2 Å². The van der Waals surface area contributed by atoms with E-state index in [1.54, 1.807) is 0 Å². The van der Waals surface area contributed by atoms with Gasteiger partial charge in [-0.3, -0.25) is 19.7 Å². The second kappa shape index (κ2) is 5.68. The predicted molar refractivity (Wildman–Crippen MR) is 70.0 cm³/mol. The fourth-order valence-corrected chi connectivity index (χ4v) is 1.79. The Bertz CT molecular complexity index is 557. The first-order chi connectivity index (χ1) is 9.47. The quantitative estimate of drug-likeness (QED) is 0.502. The third-order valence-corrected chi connectivity index (χ3v) is 3.10. The molecule has 0 heterocycles. The van der Waals surface area contributed by atoms with Gasteiger partial charge in [-0.15, -0.1) is 0 Å². The van der Waals surface area contributed by atoms with Crippen LogP contribution >= 0.6 is 0 Å². The number of carbonyl (C=O) groups is 2. The monoisotopic (exact) mass is 278 g/mol. The van der Waals surface area contributed by atoms with Crippen LogP contribution in [0.1, 0.15) is 13.3 Å². The number of benzene rings is 1. The summed E-state index contributed by atoms with van der Waals surface area (Å²) < 4.78 is 4.86. The number of nitro benzene ring substituents is 1. The van der Waals surface area contributed by atoms with E-state index < -0.39 is 10.8 Å². The van der Waals surface area contributed by atoms with Crippen molar-refractivity contribution in [2.45, 2.75) is 13.3 Å². The highest BCUT2D eigenvalue weighted by molar-refractivity contribution is 5.93. The molecule has 1 fully saturated rings. The Kier molecular flexibility index (Phi) is 3.97. The van der Waals surface area contributed by atoms with Gasteiger partial charge < -0.3 is 10.1 Å². The molecule has 7 nitrogen and oxygen atoms in total. The molecule has 2 rings (SSSR count). The van der Waals surface area contributed by atoms with Gasteiger partial charge in [0.05, 0.1) is 10.8 Å². The van der Waals surface area contributed by atoms with Crippen LogP contribution in [0.15, 0.2) is 24.3 Å². The molecule has 1 amide bonds. The standard InChI is InChI=1S/C13H14N2O5/c1-8-5-11(8)13(17)20-7-12(16)14-9-3-2-4-10(6-9)15(18)19/h2-4,6,8,11H,5,7H2,1H3,(H,14,16)/t8-,11-/m1/s1. The van der Waals surface area contributed by atoms with Crippen molar-refractivity contribution in [2.24, 2.45) is 11.8 Å². The number of rotatable bonds is 5. The number of nitro groups is 1. The molecule has 106 valence electrons. The average molecular weight is 278 g/mol. The summed E-state index contributed by atoms with van der Waals surface area (Å²) in [4.78, 5) is 33.0. The van der Waals surface area contributed by atoms with Crippen LogP contribution in [0.3, 0.4) is 0 Å². The summed E-state index contributed by atoms with van der Waals surface area (Å²) >= 11 is 0. The van der Waals surface area contributed by atoms with Crippen molar-refractivity contribution in [2.75, 3.05) is 11.9 Å². The van der Waals surface area contributed by atoms with Gasteiger partial charge >= 0.3 is 5.97 Å². The number of amides is 1. The smallest absolute Gasteiger partial charge is 0.309 e. The molecule has 0 aromatic heterocycles. The van der Waals surface area contributed by atoms with Crippen LogP contribution < -0.4 is 5.32 Å². The number of nitrogens with one attached hydrogen (secondary N) is 1. The molecule has 20 heavy (non-hydrogen) atoms. The molecule has 1 aliphatic carbocycles. The Labute approximate surface area is 115 Å². The van der Waals surface area contributed by atoms with Gasteiger partial charge in [-0.05, 0) is 18.4 Å². The fourth-order valence-electron chi connectivity index (χ4n) is 1.79. The van der Waals surface area contributed by atoms with Crippen LogP contribution in [0.25, 0.3) is 0 Å². The van der Waals surface area contributed by atoms with Crippen LogP contribution in [0.5, 0.6) is 0 Å². The highest BCUT2D eigenvalue weighted by Crippen LogP contribution is 2.38. The van der Waals surface area contributed by atoms with Gasteiger partial charge in [0, 0.05) is 17.8 Å². The lowest BCUT2D eigenvalue weighted by molar-refractivity contribution is -0.384. The van der Waals surface area contributed by atoms with Gasteiger partial charge in [0.15, 0.2) is 6.61 Å². The second-order valence-electron chi connectivity index (χ2n) is 4.78. The topological polar surface area (TPSA) is 98.5 Å². The molecule has 1 aromatic rings. The molecule has 7 heteroatoms. The third kappa shape index (κ3) is 3.53. The van der Waals surface area contributed by atoms with E-state index in [9.17, 15) is 19.7 Å². The molecule has 0 spiro atoms. The maximum atomic E-state index is 11.6. The van der Waals surface area contributed by atoms with Crippen molar-refractivity contribution in [1.29, 1.82) is 0 Å². The minimum atomic E-state index is -0.551. The summed E-state index contributed by atoms with van der Waals surface area (Å²) in [7, 11) is 0. The first kappa shape index (κ1) is 14.0. The Hall–Kier alpha value is -2.44. The van der Waals surface area contributed by atoms with Crippen LogP contribution in [-0.2, 0) is 14.3 Å². The largest absolute Gasteiger partial charge is 0.455 e. The summed E-state index contributed by atoms with van der Waals surface area (Å²) in [5.41, 5.74) is 0.173. The van der Waals surface area contributed by atoms with E-state index in [1.807, 2.05) is 6.92 Å². The molecule has 0 unspecified atom stereocenters. The number of hydrogen-bond donors (Lipinski definition) is 1. The number of esters is 1. The van der Waals surface area contributed by atoms with E-state index >= 15 is 0 Å². The number of nitrogens with zero attached hydrogens (tertiary/aromatic N) is 1. The van der Waals surface area contributed by atoms with Gasteiger partial charge in [0.25, 0.3) is 11.6 Å². The summed E-state index contributed by atoms with van der Waals surface area (Å²) in [5.74, 6) is -0.665. The van der Waals surface area contributed by atoms with E-state index in [4.69, 9.17) is 4.74 Å². The molecule has 0 bridgehead atoms. The number of hydrogen-bond acceptors (Lipinski definition) is 5. The molecular weight excluding hydrogens is 264 g/mol. The molecule has 1 aromatic carbocycles. The molecule has 2 atom stereocenters. The molecule has 1 N–H and O–H groups in total. The van der Waals surface area contributed by atoms with Crippen molar-refractivity contribution in [3.8, 4) is 0 Å². The molecule has 1 aliphatic rings. The minimum Gasteiger partial charge on any atom is -0.455 e. The first-order valence-corrected chi connectivity index (χ1v) is 6.18.